The van der Waals surface area contributed by atoms with E-state index in [9.17, 15) is 5.11 Å². The smallest absolute Gasteiger partial charge is 0.123 e. The Bertz CT molecular complexity index is 1180. The van der Waals surface area contributed by atoms with Crippen LogP contribution in [-0.2, 0) is 5.41 Å². The van der Waals surface area contributed by atoms with Crippen molar-refractivity contribution in [3.05, 3.63) is 90.0 Å². The van der Waals surface area contributed by atoms with E-state index in [2.05, 4.69) is 74.5 Å². The molecule has 1 heteroatoms. The van der Waals surface area contributed by atoms with Gasteiger partial charge in [-0.25, -0.2) is 0 Å². The highest BCUT2D eigenvalue weighted by Crippen LogP contribution is 2.56. The maximum Gasteiger partial charge on any atom is 0.123 e. The molecule has 4 aromatic carbocycles. The maximum absolute atomic E-state index is 10.8. The molecule has 1 N–H and O–H groups in total. The maximum atomic E-state index is 10.8. The van der Waals surface area contributed by atoms with Crippen molar-refractivity contribution in [2.75, 3.05) is 0 Å². The molecule has 0 bridgehead atoms. The molecule has 0 radical (unpaired) electrons. The highest BCUT2D eigenvalue weighted by molar-refractivity contribution is 6.05. The Labute approximate surface area is 166 Å². The molecule has 0 fully saturated rings. The number of benzene rings is 4. The van der Waals surface area contributed by atoms with Gasteiger partial charge in [0.05, 0.1) is 0 Å². The molecule has 1 aliphatic rings. The van der Waals surface area contributed by atoms with Crippen molar-refractivity contribution in [2.24, 2.45) is 0 Å². The Morgan fingerprint density at radius 3 is 2.07 bits per heavy atom. The van der Waals surface area contributed by atoms with Crippen molar-refractivity contribution in [1.29, 1.82) is 0 Å². The second-order valence-corrected chi connectivity index (χ2v) is 7.78. The molecule has 0 amide bonds. The first-order valence-corrected chi connectivity index (χ1v) is 10.1. The van der Waals surface area contributed by atoms with Crippen LogP contribution in [0, 0.1) is 0 Å². The van der Waals surface area contributed by atoms with E-state index in [1.807, 2.05) is 18.2 Å². The van der Waals surface area contributed by atoms with E-state index in [1.54, 1.807) is 0 Å². The SMILES string of the molecule is CCC1(CC)c2cc(-c3ccccc3)ccc2-c2c1cc(O)c1ccccc21. The second kappa shape index (κ2) is 6.24. The summed E-state index contributed by atoms with van der Waals surface area (Å²) in [6, 6.07) is 27.7. The normalized spacial score (nSPS) is 14.1. The predicted molar refractivity (Wildman–Crippen MR) is 118 cm³/mol. The van der Waals surface area contributed by atoms with Crippen LogP contribution in [0.2, 0.25) is 0 Å². The molecule has 0 saturated carbocycles. The molecule has 28 heavy (non-hydrogen) atoms. The quantitative estimate of drug-likeness (QED) is 0.404. The largest absolute Gasteiger partial charge is 0.507 e. The Kier molecular flexibility index (Phi) is 3.80. The van der Waals surface area contributed by atoms with Gasteiger partial charge in [-0.3, -0.25) is 0 Å². The minimum absolute atomic E-state index is 0.0586. The molecular formula is C27H24O. The van der Waals surface area contributed by atoms with Crippen LogP contribution in [0.25, 0.3) is 33.0 Å². The molecule has 0 aliphatic heterocycles. The topological polar surface area (TPSA) is 20.2 Å². The summed E-state index contributed by atoms with van der Waals surface area (Å²) in [6.07, 6.45) is 2.03. The number of aromatic hydroxyl groups is 1. The van der Waals surface area contributed by atoms with Gasteiger partial charge in [-0.2, -0.15) is 0 Å². The lowest BCUT2D eigenvalue weighted by molar-refractivity contribution is 0.467. The summed E-state index contributed by atoms with van der Waals surface area (Å²) in [7, 11) is 0. The molecule has 138 valence electrons. The number of phenols is 1. The summed E-state index contributed by atoms with van der Waals surface area (Å²) in [6.45, 7) is 4.54. The summed E-state index contributed by atoms with van der Waals surface area (Å²) < 4.78 is 0. The highest BCUT2D eigenvalue weighted by Gasteiger charge is 2.42. The van der Waals surface area contributed by atoms with Gasteiger partial charge in [0.2, 0.25) is 0 Å². The standard InChI is InChI=1S/C27H24O/c1-3-27(4-2)23-16-19(18-10-6-5-7-11-18)14-15-22(23)26-21-13-9-8-12-20(21)25(28)17-24(26)27/h5-17,28H,3-4H2,1-2H3. The van der Waals surface area contributed by atoms with Crippen molar-refractivity contribution in [2.45, 2.75) is 32.1 Å². The molecule has 1 nitrogen and oxygen atoms in total. The second-order valence-electron chi connectivity index (χ2n) is 7.78. The lowest BCUT2D eigenvalue weighted by Gasteiger charge is -2.30. The van der Waals surface area contributed by atoms with Gasteiger partial charge in [0.1, 0.15) is 5.75 Å². The number of hydrogen-bond acceptors (Lipinski definition) is 1. The lowest BCUT2D eigenvalue weighted by Crippen LogP contribution is -2.23. The fraction of sp³-hybridized carbons (Fsp3) is 0.185. The van der Waals surface area contributed by atoms with Crippen LogP contribution in [0.5, 0.6) is 5.75 Å². The van der Waals surface area contributed by atoms with Gasteiger partial charge < -0.3 is 5.11 Å². The van der Waals surface area contributed by atoms with Gasteiger partial charge in [-0.15, -0.1) is 0 Å². The number of fused-ring (bicyclic) bond motifs is 5. The zero-order chi connectivity index (χ0) is 19.3. The van der Waals surface area contributed by atoms with Gasteiger partial charge in [0.15, 0.2) is 0 Å². The Balaban J connectivity index is 1.86. The average Bonchev–Trinajstić information content (AvgIpc) is 3.03. The molecular weight excluding hydrogens is 340 g/mol. The summed E-state index contributed by atoms with van der Waals surface area (Å²) in [5.41, 5.74) is 7.72. The van der Waals surface area contributed by atoms with Crippen LogP contribution in [0.1, 0.15) is 37.8 Å². The molecule has 0 saturated heterocycles. The first-order chi connectivity index (χ1) is 13.7. The van der Waals surface area contributed by atoms with E-state index >= 15 is 0 Å². The molecule has 0 aromatic heterocycles. The Hall–Kier alpha value is -3.06. The van der Waals surface area contributed by atoms with Crippen molar-refractivity contribution < 1.29 is 5.11 Å². The van der Waals surface area contributed by atoms with E-state index in [-0.39, 0.29) is 5.41 Å². The molecule has 1 aliphatic carbocycles. The average molecular weight is 364 g/mol. The number of rotatable bonds is 3. The van der Waals surface area contributed by atoms with Crippen LogP contribution in [0.4, 0.5) is 0 Å². The number of hydrogen-bond donors (Lipinski definition) is 1. The molecule has 0 heterocycles. The van der Waals surface area contributed by atoms with Crippen molar-refractivity contribution in [3.63, 3.8) is 0 Å². The Morgan fingerprint density at radius 2 is 1.36 bits per heavy atom. The van der Waals surface area contributed by atoms with Gasteiger partial charge in [0, 0.05) is 10.8 Å². The summed E-state index contributed by atoms with van der Waals surface area (Å²) in [5, 5.41) is 12.9. The fourth-order valence-electron chi connectivity index (χ4n) is 5.15. The van der Waals surface area contributed by atoms with Crippen molar-refractivity contribution in [1.82, 2.24) is 0 Å². The third kappa shape index (κ3) is 2.19. The molecule has 5 rings (SSSR count). The van der Waals surface area contributed by atoms with E-state index in [0.29, 0.717) is 5.75 Å². The summed E-state index contributed by atoms with van der Waals surface area (Å²) >= 11 is 0. The van der Waals surface area contributed by atoms with E-state index in [0.717, 1.165) is 23.6 Å². The summed E-state index contributed by atoms with van der Waals surface area (Å²) in [5.74, 6) is 0.386. The Morgan fingerprint density at radius 1 is 0.679 bits per heavy atom. The summed E-state index contributed by atoms with van der Waals surface area (Å²) in [4.78, 5) is 0. The predicted octanol–water partition coefficient (Wildman–Crippen LogP) is 7.30. The van der Waals surface area contributed by atoms with Crippen molar-refractivity contribution in [3.8, 4) is 28.0 Å². The molecule has 0 unspecified atom stereocenters. The van der Waals surface area contributed by atoms with Crippen LogP contribution in [0.3, 0.4) is 0 Å². The van der Waals surface area contributed by atoms with Crippen LogP contribution < -0.4 is 0 Å². The minimum atomic E-state index is -0.0586. The first-order valence-electron chi connectivity index (χ1n) is 10.1. The fourth-order valence-corrected chi connectivity index (χ4v) is 5.15. The first kappa shape index (κ1) is 17.1. The monoisotopic (exact) mass is 364 g/mol. The third-order valence-electron chi connectivity index (χ3n) is 6.66. The zero-order valence-electron chi connectivity index (χ0n) is 16.4. The molecule has 0 spiro atoms. The van der Waals surface area contributed by atoms with Crippen LogP contribution >= 0.6 is 0 Å². The van der Waals surface area contributed by atoms with Gasteiger partial charge in [-0.05, 0) is 63.7 Å². The van der Waals surface area contributed by atoms with E-state index in [4.69, 9.17) is 0 Å². The molecule has 4 aromatic rings. The van der Waals surface area contributed by atoms with E-state index < -0.39 is 0 Å². The minimum Gasteiger partial charge on any atom is -0.507 e. The van der Waals surface area contributed by atoms with Gasteiger partial charge in [-0.1, -0.05) is 80.6 Å². The van der Waals surface area contributed by atoms with Crippen LogP contribution in [0.15, 0.2) is 78.9 Å². The van der Waals surface area contributed by atoms with Crippen molar-refractivity contribution >= 4 is 10.8 Å². The zero-order valence-corrected chi connectivity index (χ0v) is 16.4. The van der Waals surface area contributed by atoms with Gasteiger partial charge >= 0.3 is 0 Å². The number of phenolic OH excluding ortho intramolecular Hbond substituents is 1. The van der Waals surface area contributed by atoms with Crippen LogP contribution in [-0.4, -0.2) is 5.11 Å². The third-order valence-corrected chi connectivity index (χ3v) is 6.66. The molecule has 0 atom stereocenters. The van der Waals surface area contributed by atoms with Gasteiger partial charge in [0.25, 0.3) is 0 Å². The van der Waals surface area contributed by atoms with E-state index in [1.165, 1.54) is 33.4 Å². The lowest BCUT2D eigenvalue weighted by atomic mass is 9.73. The highest BCUT2D eigenvalue weighted by atomic mass is 16.3.